The summed E-state index contributed by atoms with van der Waals surface area (Å²) in [7, 11) is 1.65. The average Bonchev–Trinajstić information content (AvgIpc) is 2.52. The maximum atomic E-state index is 12.7. The number of hydrogen-bond donors (Lipinski definition) is 1. The first-order valence-corrected chi connectivity index (χ1v) is 7.26. The second-order valence-electron chi connectivity index (χ2n) is 5.58. The van der Waals surface area contributed by atoms with E-state index in [0.29, 0.717) is 30.6 Å². The van der Waals surface area contributed by atoms with Gasteiger partial charge in [0.05, 0.1) is 11.0 Å². The predicted molar refractivity (Wildman–Crippen MR) is 81.7 cm³/mol. The summed E-state index contributed by atoms with van der Waals surface area (Å²) >= 11 is 0. The van der Waals surface area contributed by atoms with E-state index >= 15 is 0 Å². The fourth-order valence-electron chi connectivity index (χ4n) is 2.88. The molecule has 1 fully saturated rings. The molecule has 0 aromatic heterocycles. The molecular formula is C15H21N3O4. The number of aryl methyl sites for hydroxylation is 1. The number of carbonyl (C=O) groups is 1. The molecule has 1 heterocycles. The van der Waals surface area contributed by atoms with E-state index < -0.39 is 4.92 Å². The van der Waals surface area contributed by atoms with Gasteiger partial charge in [0.1, 0.15) is 0 Å². The summed E-state index contributed by atoms with van der Waals surface area (Å²) in [5, 5.41) is 11.0. The lowest BCUT2D eigenvalue weighted by atomic mass is 9.97. The van der Waals surface area contributed by atoms with Gasteiger partial charge < -0.3 is 15.4 Å². The van der Waals surface area contributed by atoms with Crippen molar-refractivity contribution in [3.05, 3.63) is 39.4 Å². The van der Waals surface area contributed by atoms with Gasteiger partial charge in [-0.05, 0) is 31.4 Å². The van der Waals surface area contributed by atoms with Crippen molar-refractivity contribution < 1.29 is 14.5 Å². The third kappa shape index (κ3) is 3.42. The quantitative estimate of drug-likeness (QED) is 0.671. The van der Waals surface area contributed by atoms with Gasteiger partial charge in [-0.15, -0.1) is 0 Å². The minimum absolute atomic E-state index is 0.0700. The molecule has 1 aliphatic rings. The minimum atomic E-state index is -0.485. The highest BCUT2D eigenvalue weighted by molar-refractivity contribution is 5.95. The van der Waals surface area contributed by atoms with Gasteiger partial charge in [-0.3, -0.25) is 14.9 Å². The molecule has 0 radical (unpaired) electrons. The highest BCUT2D eigenvalue weighted by atomic mass is 16.6. The molecule has 0 aliphatic carbocycles. The Morgan fingerprint density at radius 1 is 1.50 bits per heavy atom. The van der Waals surface area contributed by atoms with Crippen molar-refractivity contribution >= 4 is 11.6 Å². The van der Waals surface area contributed by atoms with Gasteiger partial charge in [-0.2, -0.15) is 0 Å². The van der Waals surface area contributed by atoms with Crippen LogP contribution < -0.4 is 5.73 Å². The highest BCUT2D eigenvalue weighted by Crippen LogP contribution is 2.24. The molecule has 1 aromatic carbocycles. The number of nitro groups is 1. The van der Waals surface area contributed by atoms with Gasteiger partial charge in [-0.25, -0.2) is 0 Å². The number of carbonyl (C=O) groups excluding carboxylic acids is 1. The Balaban J connectivity index is 2.25. The highest BCUT2D eigenvalue weighted by Gasteiger charge is 2.31. The van der Waals surface area contributed by atoms with Gasteiger partial charge in [0.15, 0.2) is 0 Å². The number of methoxy groups -OCH3 is 1. The van der Waals surface area contributed by atoms with Crippen molar-refractivity contribution in [2.45, 2.75) is 31.9 Å². The second-order valence-corrected chi connectivity index (χ2v) is 5.58. The molecule has 7 heteroatoms. The Morgan fingerprint density at radius 3 is 2.82 bits per heavy atom. The Bertz CT molecular complexity index is 576. The summed E-state index contributed by atoms with van der Waals surface area (Å²) in [5.74, 6) is -0.211. The van der Waals surface area contributed by atoms with E-state index in [1.165, 1.54) is 12.1 Å². The molecule has 1 saturated heterocycles. The van der Waals surface area contributed by atoms with Gasteiger partial charge in [0.25, 0.3) is 11.6 Å². The first kappa shape index (κ1) is 16.4. The second kappa shape index (κ2) is 6.85. The van der Waals surface area contributed by atoms with Crippen LogP contribution in [0.1, 0.15) is 28.8 Å². The molecule has 1 aromatic rings. The number of benzene rings is 1. The number of likely N-dealkylation sites (tertiary alicyclic amines) is 1. The average molecular weight is 307 g/mol. The summed E-state index contributed by atoms with van der Waals surface area (Å²) < 4.78 is 5.34. The smallest absolute Gasteiger partial charge is 0.270 e. The lowest BCUT2D eigenvalue weighted by molar-refractivity contribution is -0.384. The van der Waals surface area contributed by atoms with Crippen LogP contribution in [0.3, 0.4) is 0 Å². The van der Waals surface area contributed by atoms with Crippen molar-refractivity contribution in [1.82, 2.24) is 4.90 Å². The number of rotatable bonds is 4. The van der Waals surface area contributed by atoms with Gasteiger partial charge >= 0.3 is 0 Å². The SMILES string of the molecule is CO[C@@H]1CCN(C(=O)c2cc(C)cc([N+](=O)[O-])c2)[C@H](CN)C1. The van der Waals surface area contributed by atoms with Crippen LogP contribution in [0.25, 0.3) is 0 Å². The van der Waals surface area contributed by atoms with E-state index in [4.69, 9.17) is 10.5 Å². The Hall–Kier alpha value is -1.99. The summed E-state index contributed by atoms with van der Waals surface area (Å²) in [6.45, 7) is 2.63. The van der Waals surface area contributed by atoms with Crippen molar-refractivity contribution in [3.63, 3.8) is 0 Å². The molecule has 0 spiro atoms. The molecule has 2 rings (SSSR count). The zero-order valence-electron chi connectivity index (χ0n) is 12.8. The molecule has 120 valence electrons. The molecule has 0 bridgehead atoms. The van der Waals surface area contributed by atoms with Gasteiger partial charge in [0, 0.05) is 43.9 Å². The summed E-state index contributed by atoms with van der Waals surface area (Å²) in [6, 6.07) is 4.34. The van der Waals surface area contributed by atoms with E-state index in [1.54, 1.807) is 25.0 Å². The van der Waals surface area contributed by atoms with E-state index in [1.807, 2.05) is 0 Å². The normalized spacial score (nSPS) is 21.7. The minimum Gasteiger partial charge on any atom is -0.381 e. The molecular weight excluding hydrogens is 286 g/mol. The van der Waals surface area contributed by atoms with E-state index in [9.17, 15) is 14.9 Å². The molecule has 0 unspecified atom stereocenters. The van der Waals surface area contributed by atoms with E-state index in [-0.39, 0.29) is 23.7 Å². The van der Waals surface area contributed by atoms with E-state index in [0.717, 1.165) is 6.42 Å². The standard InChI is InChI=1S/C15H21N3O4/c1-10-5-11(7-12(6-10)18(20)21)15(19)17-4-3-14(22-2)8-13(17)9-16/h5-7,13-14H,3-4,8-9,16H2,1-2H3/t13-,14+/m0/s1. The summed E-state index contributed by atoms with van der Waals surface area (Å²) in [4.78, 5) is 24.9. The van der Waals surface area contributed by atoms with Crippen molar-refractivity contribution in [1.29, 1.82) is 0 Å². The van der Waals surface area contributed by atoms with Crippen LogP contribution in [0.2, 0.25) is 0 Å². The van der Waals surface area contributed by atoms with Crippen molar-refractivity contribution in [2.24, 2.45) is 5.73 Å². The first-order chi connectivity index (χ1) is 10.5. The molecule has 1 amide bonds. The largest absolute Gasteiger partial charge is 0.381 e. The lowest BCUT2D eigenvalue weighted by Gasteiger charge is -2.38. The molecule has 7 nitrogen and oxygen atoms in total. The Labute approximate surface area is 129 Å². The van der Waals surface area contributed by atoms with Crippen LogP contribution in [-0.2, 0) is 4.74 Å². The molecule has 2 atom stereocenters. The number of nitrogens with two attached hydrogens (primary N) is 1. The maximum absolute atomic E-state index is 12.7. The lowest BCUT2D eigenvalue weighted by Crippen LogP contribution is -2.51. The zero-order chi connectivity index (χ0) is 16.3. The number of hydrogen-bond acceptors (Lipinski definition) is 5. The molecule has 2 N–H and O–H groups in total. The van der Waals surface area contributed by atoms with Gasteiger partial charge in [-0.1, -0.05) is 0 Å². The number of non-ortho nitro benzene ring substituents is 1. The van der Waals surface area contributed by atoms with Crippen LogP contribution in [0.4, 0.5) is 5.69 Å². The predicted octanol–water partition coefficient (Wildman–Crippen LogP) is 1.48. The summed E-state index contributed by atoms with van der Waals surface area (Å²) in [5.41, 5.74) is 6.73. The van der Waals surface area contributed by atoms with Crippen LogP contribution in [0.15, 0.2) is 18.2 Å². The summed E-state index contributed by atoms with van der Waals surface area (Å²) in [6.07, 6.45) is 1.53. The number of ether oxygens (including phenoxy) is 1. The maximum Gasteiger partial charge on any atom is 0.270 e. The molecule has 0 saturated carbocycles. The Kier molecular flexibility index (Phi) is 5.10. The van der Waals surface area contributed by atoms with Crippen LogP contribution in [-0.4, -0.2) is 48.1 Å². The topological polar surface area (TPSA) is 98.7 Å². The fraction of sp³-hybridized carbons (Fsp3) is 0.533. The van der Waals surface area contributed by atoms with Crippen LogP contribution >= 0.6 is 0 Å². The monoisotopic (exact) mass is 307 g/mol. The van der Waals surface area contributed by atoms with E-state index in [2.05, 4.69) is 0 Å². The number of nitrogens with zero attached hydrogens (tertiary/aromatic N) is 2. The number of nitro benzene ring substituents is 1. The zero-order valence-corrected chi connectivity index (χ0v) is 12.8. The third-order valence-corrected chi connectivity index (χ3v) is 4.05. The van der Waals surface area contributed by atoms with Gasteiger partial charge in [0.2, 0.25) is 0 Å². The molecule has 22 heavy (non-hydrogen) atoms. The van der Waals surface area contributed by atoms with Crippen molar-refractivity contribution in [2.75, 3.05) is 20.2 Å². The number of piperidine rings is 1. The van der Waals surface area contributed by atoms with Crippen LogP contribution in [0.5, 0.6) is 0 Å². The molecule has 1 aliphatic heterocycles. The third-order valence-electron chi connectivity index (χ3n) is 4.05. The fourth-order valence-corrected chi connectivity index (χ4v) is 2.88. The van der Waals surface area contributed by atoms with Crippen LogP contribution in [0, 0.1) is 17.0 Å². The number of amides is 1. The van der Waals surface area contributed by atoms with Crippen molar-refractivity contribution in [3.8, 4) is 0 Å². The Morgan fingerprint density at radius 2 is 2.23 bits per heavy atom. The first-order valence-electron chi connectivity index (χ1n) is 7.26.